The lowest BCUT2D eigenvalue weighted by Crippen LogP contribution is -2.33. The van der Waals surface area contributed by atoms with E-state index in [1.165, 1.54) is 44.1 Å². The Hall–Kier alpha value is -3.46. The molecule has 0 radical (unpaired) electrons. The summed E-state index contributed by atoms with van der Waals surface area (Å²) in [7, 11) is 0. The second-order valence-electron chi connectivity index (χ2n) is 8.51. The lowest BCUT2D eigenvalue weighted by atomic mass is 9.73. The highest BCUT2D eigenvalue weighted by Gasteiger charge is 2.48. The molecule has 31 heavy (non-hydrogen) atoms. The van der Waals surface area contributed by atoms with Gasteiger partial charge in [-0.2, -0.15) is 4.58 Å². The van der Waals surface area contributed by atoms with Crippen LogP contribution in [-0.2, 0) is 21.4 Å². The zero-order valence-electron chi connectivity index (χ0n) is 18.0. The predicted molar refractivity (Wildman–Crippen MR) is 126 cm³/mol. The van der Waals surface area contributed by atoms with Gasteiger partial charge in [0.25, 0.3) is 6.47 Å². The molecule has 0 aliphatic carbocycles. The van der Waals surface area contributed by atoms with E-state index >= 15 is 0 Å². The van der Waals surface area contributed by atoms with E-state index in [4.69, 9.17) is 4.74 Å². The zero-order chi connectivity index (χ0) is 21.4. The fourth-order valence-corrected chi connectivity index (χ4v) is 5.30. The molecule has 3 heteroatoms. The van der Waals surface area contributed by atoms with Gasteiger partial charge in [0, 0.05) is 12.5 Å². The number of fused-ring (bicyclic) bond motifs is 6. The first-order chi connectivity index (χ1) is 15.1. The average Bonchev–Trinajstić information content (AvgIpc) is 3.02. The monoisotopic (exact) mass is 408 g/mol. The van der Waals surface area contributed by atoms with Crippen LogP contribution in [0, 0.1) is 0 Å². The third kappa shape index (κ3) is 3.04. The molecule has 1 heterocycles. The van der Waals surface area contributed by atoms with Crippen molar-refractivity contribution in [2.45, 2.75) is 25.7 Å². The SMILES string of the molecule is CC1=[N+](CCOC=O)c2c(c3ccccc3c3ccccc23)C1(C)Cc1ccccc1. The minimum Gasteiger partial charge on any atom is -0.461 e. The highest BCUT2D eigenvalue weighted by Crippen LogP contribution is 2.49. The Balaban J connectivity index is 1.84. The fourth-order valence-electron chi connectivity index (χ4n) is 5.30. The minimum absolute atomic E-state index is 0.165. The number of hydrogen-bond donors (Lipinski definition) is 0. The van der Waals surface area contributed by atoms with Gasteiger partial charge in [-0.3, -0.25) is 4.79 Å². The van der Waals surface area contributed by atoms with Crippen LogP contribution in [0.3, 0.4) is 0 Å². The molecule has 0 saturated carbocycles. The van der Waals surface area contributed by atoms with Crippen LogP contribution in [0.25, 0.3) is 21.5 Å². The number of ether oxygens (including phenoxy) is 1. The molecule has 0 amide bonds. The van der Waals surface area contributed by atoms with Crippen molar-refractivity contribution in [1.29, 1.82) is 0 Å². The van der Waals surface area contributed by atoms with Crippen molar-refractivity contribution in [2.75, 3.05) is 13.2 Å². The molecule has 1 aliphatic rings. The van der Waals surface area contributed by atoms with E-state index in [9.17, 15) is 4.79 Å². The fraction of sp³-hybridized carbons (Fsp3) is 0.214. The molecule has 1 atom stereocenters. The summed E-state index contributed by atoms with van der Waals surface area (Å²) in [4.78, 5) is 10.8. The number of hydrogen-bond acceptors (Lipinski definition) is 2. The Morgan fingerprint density at radius 2 is 1.42 bits per heavy atom. The lowest BCUT2D eigenvalue weighted by Gasteiger charge is -2.24. The molecule has 5 rings (SSSR count). The van der Waals surface area contributed by atoms with Crippen molar-refractivity contribution in [3.8, 4) is 0 Å². The second kappa shape index (κ2) is 7.66. The summed E-state index contributed by atoms with van der Waals surface area (Å²) in [5.74, 6) is 0. The quantitative estimate of drug-likeness (QED) is 0.175. The van der Waals surface area contributed by atoms with E-state index < -0.39 is 0 Å². The molecule has 154 valence electrons. The van der Waals surface area contributed by atoms with Crippen molar-refractivity contribution < 1.29 is 14.1 Å². The van der Waals surface area contributed by atoms with Gasteiger partial charge in [-0.25, -0.2) is 0 Å². The molecule has 1 unspecified atom stereocenters. The molecule has 4 aromatic rings. The minimum atomic E-state index is -0.165. The Kier molecular flexibility index (Phi) is 4.82. The molecule has 0 saturated heterocycles. The van der Waals surface area contributed by atoms with Crippen LogP contribution < -0.4 is 0 Å². The summed E-state index contributed by atoms with van der Waals surface area (Å²) in [5.41, 5.74) is 5.07. The van der Waals surface area contributed by atoms with E-state index in [2.05, 4.69) is 97.3 Å². The summed E-state index contributed by atoms with van der Waals surface area (Å²) >= 11 is 0. The first-order valence-corrected chi connectivity index (χ1v) is 10.8. The van der Waals surface area contributed by atoms with Gasteiger partial charge in [0.15, 0.2) is 12.3 Å². The molecule has 0 spiro atoms. The molecular formula is C28H26NO2+. The molecule has 1 aliphatic heterocycles. The largest absolute Gasteiger partial charge is 0.461 e. The predicted octanol–water partition coefficient (Wildman–Crippen LogP) is 5.78. The molecule has 0 aromatic heterocycles. The topological polar surface area (TPSA) is 29.3 Å². The molecule has 0 N–H and O–H groups in total. The van der Waals surface area contributed by atoms with Crippen molar-refractivity contribution in [3.63, 3.8) is 0 Å². The Bertz CT molecular complexity index is 1320. The van der Waals surface area contributed by atoms with Gasteiger partial charge in [0.1, 0.15) is 6.61 Å². The maximum Gasteiger partial charge on any atom is 0.293 e. The Morgan fingerprint density at radius 3 is 2.10 bits per heavy atom. The lowest BCUT2D eigenvalue weighted by molar-refractivity contribution is -0.440. The molecule has 0 bridgehead atoms. The summed E-state index contributed by atoms with van der Waals surface area (Å²) in [5, 5.41) is 5.09. The summed E-state index contributed by atoms with van der Waals surface area (Å²) in [6.07, 6.45) is 0.917. The highest BCUT2D eigenvalue weighted by atomic mass is 16.5. The Labute approximate surface area is 182 Å². The molecule has 0 fully saturated rings. The van der Waals surface area contributed by atoms with Gasteiger partial charge in [-0.05, 0) is 41.1 Å². The summed E-state index contributed by atoms with van der Waals surface area (Å²) in [6.45, 7) is 6.13. The average molecular weight is 409 g/mol. The van der Waals surface area contributed by atoms with Crippen LogP contribution >= 0.6 is 0 Å². The van der Waals surface area contributed by atoms with Crippen LogP contribution in [0.1, 0.15) is 25.0 Å². The standard InChI is InChI=1S/C28H26NO2/c1-20-28(2,18-21-10-4-3-5-11-21)26-24-14-8-6-12-22(24)23-13-7-9-15-25(23)27(26)29(20)16-17-31-19-30/h3-15,19H,16-18H2,1-2H3/q+1. The van der Waals surface area contributed by atoms with Gasteiger partial charge in [0.05, 0.1) is 10.8 Å². The maximum absolute atomic E-state index is 10.8. The number of nitrogens with zero attached hydrogens (tertiary/aromatic N) is 1. The van der Waals surface area contributed by atoms with Crippen LogP contribution in [0.4, 0.5) is 5.69 Å². The highest BCUT2D eigenvalue weighted by molar-refractivity contribution is 6.17. The van der Waals surface area contributed by atoms with E-state index in [-0.39, 0.29) is 5.41 Å². The van der Waals surface area contributed by atoms with Gasteiger partial charge in [0.2, 0.25) is 5.69 Å². The maximum atomic E-state index is 10.8. The number of benzene rings is 4. The summed E-state index contributed by atoms with van der Waals surface area (Å²) in [6, 6.07) is 28.1. The van der Waals surface area contributed by atoms with E-state index in [1.807, 2.05) is 0 Å². The first kappa shape index (κ1) is 19.5. The van der Waals surface area contributed by atoms with Crippen molar-refractivity contribution in [3.05, 3.63) is 90.0 Å². The van der Waals surface area contributed by atoms with Crippen LogP contribution in [0.2, 0.25) is 0 Å². The number of rotatable bonds is 6. The molecular weight excluding hydrogens is 382 g/mol. The molecule has 4 aromatic carbocycles. The third-order valence-corrected chi connectivity index (χ3v) is 6.83. The van der Waals surface area contributed by atoms with Gasteiger partial charge >= 0.3 is 0 Å². The van der Waals surface area contributed by atoms with Gasteiger partial charge in [-0.1, -0.05) is 72.8 Å². The first-order valence-electron chi connectivity index (χ1n) is 10.8. The van der Waals surface area contributed by atoms with Gasteiger partial charge in [-0.15, -0.1) is 0 Å². The zero-order valence-corrected chi connectivity index (χ0v) is 18.0. The van der Waals surface area contributed by atoms with E-state index in [0.29, 0.717) is 19.6 Å². The van der Waals surface area contributed by atoms with Crippen LogP contribution in [-0.4, -0.2) is 29.9 Å². The summed E-state index contributed by atoms with van der Waals surface area (Å²) < 4.78 is 7.48. The number of carbonyl (C=O) groups is 1. The van der Waals surface area contributed by atoms with Crippen molar-refractivity contribution >= 4 is 39.4 Å². The molecule has 3 nitrogen and oxygen atoms in total. The van der Waals surface area contributed by atoms with Crippen LogP contribution in [0.15, 0.2) is 78.9 Å². The van der Waals surface area contributed by atoms with E-state index in [1.54, 1.807) is 0 Å². The van der Waals surface area contributed by atoms with Crippen LogP contribution in [0.5, 0.6) is 0 Å². The van der Waals surface area contributed by atoms with Crippen molar-refractivity contribution in [1.82, 2.24) is 0 Å². The second-order valence-corrected chi connectivity index (χ2v) is 8.51. The smallest absolute Gasteiger partial charge is 0.293 e. The number of carbonyl (C=O) groups excluding carboxylic acids is 1. The van der Waals surface area contributed by atoms with Crippen molar-refractivity contribution in [2.24, 2.45) is 0 Å². The third-order valence-electron chi connectivity index (χ3n) is 6.83. The normalized spacial score (nSPS) is 17.9. The van der Waals surface area contributed by atoms with E-state index in [0.717, 1.165) is 6.42 Å². The van der Waals surface area contributed by atoms with Gasteiger partial charge < -0.3 is 4.74 Å². The Morgan fingerprint density at radius 1 is 0.839 bits per heavy atom.